The minimum absolute atomic E-state index is 0.174. The molecule has 1 aliphatic heterocycles. The molecule has 18 heavy (non-hydrogen) atoms. The quantitative estimate of drug-likeness (QED) is 0.638. The largest absolute Gasteiger partial charge is 0.315 e. The molecule has 98 valence electrons. The summed E-state index contributed by atoms with van der Waals surface area (Å²) < 4.78 is 0. The van der Waals surface area contributed by atoms with Crippen molar-refractivity contribution in [3.05, 3.63) is 39.9 Å². The van der Waals surface area contributed by atoms with Crippen LogP contribution in [-0.4, -0.2) is 35.5 Å². The zero-order chi connectivity index (χ0) is 13.0. The van der Waals surface area contributed by atoms with E-state index in [1.54, 1.807) is 12.1 Å². The number of rotatable bonds is 5. The molecule has 0 aliphatic carbocycles. The fourth-order valence-electron chi connectivity index (χ4n) is 2.45. The van der Waals surface area contributed by atoms with E-state index in [2.05, 4.69) is 17.1 Å². The highest BCUT2D eigenvalue weighted by Crippen LogP contribution is 2.17. The van der Waals surface area contributed by atoms with E-state index >= 15 is 0 Å². The molecule has 1 fully saturated rings. The van der Waals surface area contributed by atoms with Gasteiger partial charge in [-0.25, -0.2) is 0 Å². The minimum atomic E-state index is -0.336. The first-order valence-corrected chi connectivity index (χ1v) is 6.39. The number of hydrogen-bond acceptors (Lipinski definition) is 4. The predicted molar refractivity (Wildman–Crippen MR) is 70.5 cm³/mol. The Morgan fingerprint density at radius 1 is 1.56 bits per heavy atom. The Morgan fingerprint density at radius 2 is 2.39 bits per heavy atom. The van der Waals surface area contributed by atoms with Crippen LogP contribution in [0, 0.1) is 10.1 Å². The van der Waals surface area contributed by atoms with Gasteiger partial charge in [0.2, 0.25) is 0 Å². The van der Waals surface area contributed by atoms with E-state index in [0.29, 0.717) is 6.04 Å². The highest BCUT2D eigenvalue weighted by atomic mass is 16.6. The molecule has 0 amide bonds. The Balaban J connectivity index is 2.06. The average molecular weight is 249 g/mol. The van der Waals surface area contributed by atoms with Crippen LogP contribution >= 0.6 is 0 Å². The van der Waals surface area contributed by atoms with Gasteiger partial charge in [-0.05, 0) is 25.1 Å². The zero-order valence-electron chi connectivity index (χ0n) is 10.6. The molecule has 0 radical (unpaired) electrons. The van der Waals surface area contributed by atoms with Gasteiger partial charge in [-0.2, -0.15) is 0 Å². The molecule has 1 aliphatic rings. The maximum absolute atomic E-state index is 10.7. The molecule has 0 aromatic heterocycles. The van der Waals surface area contributed by atoms with Crippen LogP contribution in [0.15, 0.2) is 24.3 Å². The molecule has 5 heteroatoms. The molecule has 0 spiro atoms. The van der Waals surface area contributed by atoms with E-state index in [1.807, 2.05) is 6.07 Å². The Kier molecular flexibility index (Phi) is 4.28. The lowest BCUT2D eigenvalue weighted by Crippen LogP contribution is -2.36. The number of non-ortho nitro benzene ring substituents is 1. The van der Waals surface area contributed by atoms with Crippen molar-refractivity contribution in [2.45, 2.75) is 25.9 Å². The molecule has 0 bridgehead atoms. The maximum Gasteiger partial charge on any atom is 0.269 e. The van der Waals surface area contributed by atoms with Gasteiger partial charge in [-0.3, -0.25) is 15.0 Å². The molecule has 1 heterocycles. The fourth-order valence-corrected chi connectivity index (χ4v) is 2.45. The van der Waals surface area contributed by atoms with Crippen LogP contribution in [0.1, 0.15) is 18.9 Å². The highest BCUT2D eigenvalue weighted by molar-refractivity contribution is 5.34. The summed E-state index contributed by atoms with van der Waals surface area (Å²) in [5.41, 5.74) is 1.19. The summed E-state index contributed by atoms with van der Waals surface area (Å²) in [5.74, 6) is 0. The third-order valence-corrected chi connectivity index (χ3v) is 3.46. The first-order valence-electron chi connectivity index (χ1n) is 6.39. The molecular formula is C13H19N3O2. The molecular weight excluding hydrogens is 230 g/mol. The Hall–Kier alpha value is -1.46. The molecule has 5 nitrogen and oxygen atoms in total. The van der Waals surface area contributed by atoms with Crippen LogP contribution < -0.4 is 5.32 Å². The number of hydrogen-bond donors (Lipinski definition) is 1. The summed E-state index contributed by atoms with van der Waals surface area (Å²) in [6.45, 7) is 5.97. The Bertz CT molecular complexity index is 416. The maximum atomic E-state index is 10.7. The summed E-state index contributed by atoms with van der Waals surface area (Å²) >= 11 is 0. The number of nitro groups is 1. The number of nitro benzene ring substituents is 1. The Labute approximate surface area is 107 Å². The van der Waals surface area contributed by atoms with Gasteiger partial charge in [0.05, 0.1) is 4.92 Å². The van der Waals surface area contributed by atoms with Gasteiger partial charge >= 0.3 is 0 Å². The topological polar surface area (TPSA) is 58.4 Å². The van der Waals surface area contributed by atoms with E-state index in [4.69, 9.17) is 0 Å². The van der Waals surface area contributed by atoms with Gasteiger partial charge in [0, 0.05) is 31.3 Å². The fraction of sp³-hybridized carbons (Fsp3) is 0.538. The molecule has 1 unspecified atom stereocenters. The van der Waals surface area contributed by atoms with E-state index in [1.165, 1.54) is 6.07 Å². The molecule has 1 atom stereocenters. The van der Waals surface area contributed by atoms with Gasteiger partial charge in [-0.1, -0.05) is 19.1 Å². The van der Waals surface area contributed by atoms with Crippen molar-refractivity contribution in [2.24, 2.45) is 0 Å². The number of nitrogens with zero attached hydrogens (tertiary/aromatic N) is 2. The number of benzene rings is 1. The normalized spacial score (nSPS) is 19.3. The third kappa shape index (κ3) is 3.05. The van der Waals surface area contributed by atoms with Crippen LogP contribution in [0.3, 0.4) is 0 Å². The van der Waals surface area contributed by atoms with Crippen LogP contribution in [0.4, 0.5) is 5.69 Å². The van der Waals surface area contributed by atoms with Crippen molar-refractivity contribution in [3.8, 4) is 0 Å². The standard InChI is InChI=1S/C13H19N3O2/c1-2-15(13-6-7-14-9-13)10-11-4-3-5-12(8-11)16(17)18/h3-5,8,13-14H,2,6-7,9-10H2,1H3. The summed E-state index contributed by atoms with van der Waals surface area (Å²) in [6, 6.07) is 7.48. The lowest BCUT2D eigenvalue weighted by molar-refractivity contribution is -0.384. The molecule has 1 aromatic rings. The smallest absolute Gasteiger partial charge is 0.269 e. The van der Waals surface area contributed by atoms with Gasteiger partial charge in [0.15, 0.2) is 0 Å². The Morgan fingerprint density at radius 3 is 3.00 bits per heavy atom. The average Bonchev–Trinajstić information content (AvgIpc) is 2.90. The monoisotopic (exact) mass is 249 g/mol. The van der Waals surface area contributed by atoms with Crippen molar-refractivity contribution in [1.82, 2.24) is 10.2 Å². The van der Waals surface area contributed by atoms with Crippen LogP contribution in [0.25, 0.3) is 0 Å². The second kappa shape index (κ2) is 5.93. The first kappa shape index (κ1) is 13.0. The van der Waals surface area contributed by atoms with E-state index < -0.39 is 0 Å². The molecule has 0 saturated carbocycles. The van der Waals surface area contributed by atoms with Crippen molar-refractivity contribution >= 4 is 5.69 Å². The van der Waals surface area contributed by atoms with Gasteiger partial charge < -0.3 is 5.32 Å². The summed E-state index contributed by atoms with van der Waals surface area (Å²) in [5, 5.41) is 14.1. The van der Waals surface area contributed by atoms with Crippen LogP contribution in [-0.2, 0) is 6.54 Å². The second-order valence-corrected chi connectivity index (χ2v) is 4.64. The molecule has 1 N–H and O–H groups in total. The summed E-state index contributed by atoms with van der Waals surface area (Å²) in [6.07, 6.45) is 1.16. The van der Waals surface area contributed by atoms with Crippen molar-refractivity contribution in [2.75, 3.05) is 19.6 Å². The third-order valence-electron chi connectivity index (χ3n) is 3.46. The lowest BCUT2D eigenvalue weighted by Gasteiger charge is -2.26. The van der Waals surface area contributed by atoms with Crippen molar-refractivity contribution in [1.29, 1.82) is 0 Å². The van der Waals surface area contributed by atoms with Gasteiger partial charge in [0.25, 0.3) is 5.69 Å². The van der Waals surface area contributed by atoms with E-state index in [9.17, 15) is 10.1 Å². The number of nitrogens with one attached hydrogen (secondary N) is 1. The molecule has 1 saturated heterocycles. The minimum Gasteiger partial charge on any atom is -0.315 e. The molecule has 2 rings (SSSR count). The zero-order valence-corrected chi connectivity index (χ0v) is 10.6. The van der Waals surface area contributed by atoms with Crippen molar-refractivity contribution in [3.63, 3.8) is 0 Å². The van der Waals surface area contributed by atoms with Crippen molar-refractivity contribution < 1.29 is 4.92 Å². The van der Waals surface area contributed by atoms with Gasteiger partial charge in [-0.15, -0.1) is 0 Å². The van der Waals surface area contributed by atoms with E-state index in [0.717, 1.165) is 38.2 Å². The highest BCUT2D eigenvalue weighted by Gasteiger charge is 2.21. The first-order chi connectivity index (χ1) is 8.70. The predicted octanol–water partition coefficient (Wildman–Crippen LogP) is 1.78. The number of likely N-dealkylation sites (N-methyl/N-ethyl adjacent to an activating group) is 1. The van der Waals surface area contributed by atoms with Crippen LogP contribution in [0.2, 0.25) is 0 Å². The van der Waals surface area contributed by atoms with Gasteiger partial charge in [0.1, 0.15) is 0 Å². The SMILES string of the molecule is CCN(Cc1cccc([N+](=O)[O-])c1)C1CCNC1. The second-order valence-electron chi connectivity index (χ2n) is 4.64. The summed E-state index contributed by atoms with van der Waals surface area (Å²) in [4.78, 5) is 12.8. The lowest BCUT2D eigenvalue weighted by atomic mass is 10.1. The summed E-state index contributed by atoms with van der Waals surface area (Å²) in [7, 11) is 0. The molecule has 1 aromatic carbocycles. The van der Waals surface area contributed by atoms with Crippen LogP contribution in [0.5, 0.6) is 0 Å². The van der Waals surface area contributed by atoms with E-state index in [-0.39, 0.29) is 10.6 Å².